The lowest BCUT2D eigenvalue weighted by Gasteiger charge is -2.19. The summed E-state index contributed by atoms with van der Waals surface area (Å²) >= 11 is 0. The molecule has 0 heterocycles. The van der Waals surface area contributed by atoms with Gasteiger partial charge in [-0.3, -0.25) is 4.79 Å². The van der Waals surface area contributed by atoms with E-state index in [9.17, 15) is 4.79 Å². The molecule has 1 aliphatic rings. The first kappa shape index (κ1) is 11.1. The predicted octanol–water partition coefficient (Wildman–Crippen LogP) is 0.642. The highest BCUT2D eigenvalue weighted by Crippen LogP contribution is 2.24. The topological polar surface area (TPSA) is 55.1 Å². The standard InChI is InChI=1S/C11H18N2O/c1-3-5-9(12)11(14)13-10-7-4-6-8(10)2/h1,8-10H,4-7,12H2,2H3,(H,13,14). The van der Waals surface area contributed by atoms with Gasteiger partial charge in [0.25, 0.3) is 0 Å². The normalized spacial score (nSPS) is 28.1. The monoisotopic (exact) mass is 194 g/mol. The van der Waals surface area contributed by atoms with Gasteiger partial charge in [0.05, 0.1) is 6.04 Å². The molecule has 0 aromatic carbocycles. The lowest BCUT2D eigenvalue weighted by molar-refractivity contribution is -0.123. The third kappa shape index (κ3) is 2.74. The molecule has 78 valence electrons. The fourth-order valence-corrected chi connectivity index (χ4v) is 1.87. The van der Waals surface area contributed by atoms with E-state index in [1.807, 2.05) is 0 Å². The second kappa shape index (κ2) is 5.02. The molecule has 1 aliphatic carbocycles. The summed E-state index contributed by atoms with van der Waals surface area (Å²) in [4.78, 5) is 11.5. The van der Waals surface area contributed by atoms with Crippen LogP contribution in [0.5, 0.6) is 0 Å². The summed E-state index contributed by atoms with van der Waals surface area (Å²) in [5, 5.41) is 2.95. The molecule has 3 N–H and O–H groups in total. The highest BCUT2D eigenvalue weighted by atomic mass is 16.2. The van der Waals surface area contributed by atoms with Gasteiger partial charge in [-0.05, 0) is 18.8 Å². The van der Waals surface area contributed by atoms with Crippen molar-refractivity contribution in [2.75, 3.05) is 0 Å². The number of carbonyl (C=O) groups excluding carboxylic acids is 1. The minimum absolute atomic E-state index is 0.110. The minimum atomic E-state index is -0.548. The molecule has 0 radical (unpaired) electrons. The van der Waals surface area contributed by atoms with E-state index in [1.54, 1.807) is 0 Å². The Labute approximate surface area is 85.4 Å². The van der Waals surface area contributed by atoms with Crippen LogP contribution < -0.4 is 11.1 Å². The van der Waals surface area contributed by atoms with Gasteiger partial charge in [0.2, 0.25) is 5.91 Å². The first-order valence-electron chi connectivity index (χ1n) is 5.14. The van der Waals surface area contributed by atoms with Crippen molar-refractivity contribution in [1.29, 1.82) is 0 Å². The molecule has 3 atom stereocenters. The van der Waals surface area contributed by atoms with Crippen LogP contribution >= 0.6 is 0 Å². The molecule has 0 bridgehead atoms. The van der Waals surface area contributed by atoms with Gasteiger partial charge >= 0.3 is 0 Å². The molecule has 0 aliphatic heterocycles. The van der Waals surface area contributed by atoms with E-state index in [4.69, 9.17) is 12.2 Å². The molecule has 0 saturated heterocycles. The maximum absolute atomic E-state index is 11.5. The molecule has 1 amide bonds. The van der Waals surface area contributed by atoms with E-state index in [0.717, 1.165) is 6.42 Å². The molecule has 3 heteroatoms. The summed E-state index contributed by atoms with van der Waals surface area (Å²) in [7, 11) is 0. The Kier molecular flexibility index (Phi) is 3.97. The smallest absolute Gasteiger partial charge is 0.238 e. The van der Waals surface area contributed by atoms with Crippen LogP contribution in [0.3, 0.4) is 0 Å². The van der Waals surface area contributed by atoms with Crippen LogP contribution in [-0.2, 0) is 4.79 Å². The van der Waals surface area contributed by atoms with Gasteiger partial charge in [-0.1, -0.05) is 13.3 Å². The summed E-state index contributed by atoms with van der Waals surface area (Å²) in [6, 6.07) is -0.251. The molecule has 1 saturated carbocycles. The Hall–Kier alpha value is -1.01. The number of hydrogen-bond donors (Lipinski definition) is 2. The molecular weight excluding hydrogens is 176 g/mol. The minimum Gasteiger partial charge on any atom is -0.352 e. The zero-order valence-electron chi connectivity index (χ0n) is 8.62. The van der Waals surface area contributed by atoms with Crippen LogP contribution in [0.15, 0.2) is 0 Å². The van der Waals surface area contributed by atoms with Crippen molar-refractivity contribution in [3.05, 3.63) is 0 Å². The fourth-order valence-electron chi connectivity index (χ4n) is 1.87. The van der Waals surface area contributed by atoms with E-state index < -0.39 is 6.04 Å². The van der Waals surface area contributed by atoms with Crippen LogP contribution in [-0.4, -0.2) is 18.0 Å². The second-order valence-corrected chi connectivity index (χ2v) is 4.04. The predicted molar refractivity (Wildman–Crippen MR) is 56.4 cm³/mol. The Morgan fingerprint density at radius 1 is 1.71 bits per heavy atom. The molecule has 0 aromatic rings. The number of hydrogen-bond acceptors (Lipinski definition) is 2. The summed E-state index contributed by atoms with van der Waals surface area (Å²) in [5.74, 6) is 2.86. The second-order valence-electron chi connectivity index (χ2n) is 4.04. The van der Waals surface area contributed by atoms with Gasteiger partial charge in [0.1, 0.15) is 0 Å². The van der Waals surface area contributed by atoms with Gasteiger partial charge < -0.3 is 11.1 Å². The summed E-state index contributed by atoms with van der Waals surface area (Å²) in [6.07, 6.45) is 8.85. The molecular formula is C11H18N2O. The molecule has 3 nitrogen and oxygen atoms in total. The van der Waals surface area contributed by atoms with Gasteiger partial charge in [-0.25, -0.2) is 0 Å². The maximum atomic E-state index is 11.5. The first-order valence-corrected chi connectivity index (χ1v) is 5.14. The number of amides is 1. The third-order valence-corrected chi connectivity index (χ3v) is 2.86. The summed E-state index contributed by atoms with van der Waals surface area (Å²) in [6.45, 7) is 2.16. The van der Waals surface area contributed by atoms with E-state index in [2.05, 4.69) is 18.2 Å². The van der Waals surface area contributed by atoms with E-state index in [0.29, 0.717) is 18.4 Å². The van der Waals surface area contributed by atoms with Crippen LogP contribution in [0.4, 0.5) is 0 Å². The Bertz CT molecular complexity index is 244. The molecule has 1 rings (SSSR count). The number of rotatable bonds is 3. The summed E-state index contributed by atoms with van der Waals surface area (Å²) in [5.41, 5.74) is 5.60. The quantitative estimate of drug-likeness (QED) is 0.648. The van der Waals surface area contributed by atoms with Crippen LogP contribution in [0.25, 0.3) is 0 Å². The Balaban J connectivity index is 2.36. The van der Waals surface area contributed by atoms with Crippen LogP contribution in [0.2, 0.25) is 0 Å². The number of nitrogens with two attached hydrogens (primary N) is 1. The zero-order valence-corrected chi connectivity index (χ0v) is 8.62. The highest BCUT2D eigenvalue weighted by molar-refractivity contribution is 5.82. The van der Waals surface area contributed by atoms with Gasteiger partial charge in [0, 0.05) is 12.5 Å². The largest absolute Gasteiger partial charge is 0.352 e. The average Bonchev–Trinajstić information content (AvgIpc) is 2.52. The van der Waals surface area contributed by atoms with Crippen molar-refractivity contribution in [2.45, 2.75) is 44.7 Å². The van der Waals surface area contributed by atoms with Gasteiger partial charge in [-0.2, -0.15) is 0 Å². The van der Waals surface area contributed by atoms with Crippen LogP contribution in [0.1, 0.15) is 32.6 Å². The van der Waals surface area contributed by atoms with Crippen molar-refractivity contribution in [2.24, 2.45) is 11.7 Å². The zero-order chi connectivity index (χ0) is 10.6. The number of nitrogens with one attached hydrogen (secondary N) is 1. The first-order chi connectivity index (χ1) is 6.65. The molecule has 1 fully saturated rings. The summed E-state index contributed by atoms with van der Waals surface area (Å²) < 4.78 is 0. The van der Waals surface area contributed by atoms with Crippen molar-refractivity contribution in [1.82, 2.24) is 5.32 Å². The van der Waals surface area contributed by atoms with Gasteiger partial charge in [-0.15, -0.1) is 12.3 Å². The SMILES string of the molecule is C#CCC(N)C(=O)NC1CCCC1C. The molecule has 14 heavy (non-hydrogen) atoms. The molecule has 3 unspecified atom stereocenters. The molecule has 0 aromatic heterocycles. The van der Waals surface area contributed by atoms with E-state index >= 15 is 0 Å². The average molecular weight is 194 g/mol. The fraction of sp³-hybridized carbons (Fsp3) is 0.727. The third-order valence-electron chi connectivity index (χ3n) is 2.86. The number of carbonyl (C=O) groups is 1. The Morgan fingerprint density at radius 2 is 2.43 bits per heavy atom. The van der Waals surface area contributed by atoms with Crippen molar-refractivity contribution in [3.8, 4) is 12.3 Å². The van der Waals surface area contributed by atoms with Crippen molar-refractivity contribution < 1.29 is 4.79 Å². The van der Waals surface area contributed by atoms with Crippen molar-refractivity contribution in [3.63, 3.8) is 0 Å². The lowest BCUT2D eigenvalue weighted by atomic mass is 10.1. The Morgan fingerprint density at radius 3 is 2.93 bits per heavy atom. The molecule has 0 spiro atoms. The van der Waals surface area contributed by atoms with E-state index in [-0.39, 0.29) is 5.91 Å². The number of terminal acetylenes is 1. The highest BCUT2D eigenvalue weighted by Gasteiger charge is 2.26. The van der Waals surface area contributed by atoms with Crippen molar-refractivity contribution >= 4 is 5.91 Å². The maximum Gasteiger partial charge on any atom is 0.238 e. The lowest BCUT2D eigenvalue weighted by Crippen LogP contribution is -2.46. The van der Waals surface area contributed by atoms with E-state index in [1.165, 1.54) is 12.8 Å². The van der Waals surface area contributed by atoms with Gasteiger partial charge in [0.15, 0.2) is 0 Å². The van der Waals surface area contributed by atoms with Crippen LogP contribution in [0, 0.1) is 18.3 Å².